The van der Waals surface area contributed by atoms with Crippen molar-refractivity contribution >= 4 is 17.8 Å². The van der Waals surface area contributed by atoms with E-state index in [1.165, 1.54) is 12.8 Å². The van der Waals surface area contributed by atoms with Gasteiger partial charge >= 0.3 is 0 Å². The molecule has 6 heteroatoms. The zero-order valence-corrected chi connectivity index (χ0v) is 13.7. The minimum atomic E-state index is 0.313. The highest BCUT2D eigenvalue weighted by atomic mass is 15.3. The number of hydrogen-bond donors (Lipinski definition) is 1. The van der Waals surface area contributed by atoms with Crippen LogP contribution in [0.3, 0.4) is 0 Å². The van der Waals surface area contributed by atoms with E-state index in [-0.39, 0.29) is 0 Å². The average Bonchev–Trinajstić information content (AvgIpc) is 2.48. The number of nitrogen functional groups attached to an aromatic ring is 1. The molecule has 0 bridgehead atoms. The number of nitrogens with zero attached hydrogens (tertiary/aromatic N) is 5. The highest BCUT2D eigenvalue weighted by Gasteiger charge is 2.24. The van der Waals surface area contributed by atoms with Crippen LogP contribution in [-0.2, 0) is 0 Å². The average molecular weight is 292 g/mol. The lowest BCUT2D eigenvalue weighted by molar-refractivity contribution is 0.310. The Balaban J connectivity index is 2.13. The quantitative estimate of drug-likeness (QED) is 0.897. The van der Waals surface area contributed by atoms with Crippen LogP contribution in [0, 0.1) is 11.8 Å². The normalized spacial score (nSPS) is 16.5. The predicted octanol–water partition coefficient (Wildman–Crippen LogP) is 2.17. The lowest BCUT2D eigenvalue weighted by Crippen LogP contribution is -2.37. The molecule has 0 amide bonds. The smallest absolute Gasteiger partial charge is 0.231 e. The fraction of sp³-hybridized carbons (Fsp3) is 0.800. The third-order valence-corrected chi connectivity index (χ3v) is 4.44. The van der Waals surface area contributed by atoms with Crippen molar-refractivity contribution in [2.24, 2.45) is 11.8 Å². The summed E-state index contributed by atoms with van der Waals surface area (Å²) >= 11 is 0. The first-order valence-electron chi connectivity index (χ1n) is 8.06. The van der Waals surface area contributed by atoms with Crippen molar-refractivity contribution < 1.29 is 0 Å². The van der Waals surface area contributed by atoms with Crippen LogP contribution in [0.15, 0.2) is 0 Å². The molecule has 1 aliphatic rings. The van der Waals surface area contributed by atoms with Crippen LogP contribution in [-0.4, -0.2) is 41.1 Å². The van der Waals surface area contributed by atoms with Crippen molar-refractivity contribution in [2.45, 2.75) is 40.5 Å². The van der Waals surface area contributed by atoms with Crippen molar-refractivity contribution in [1.29, 1.82) is 0 Å². The van der Waals surface area contributed by atoms with Gasteiger partial charge in [0.2, 0.25) is 17.8 Å². The summed E-state index contributed by atoms with van der Waals surface area (Å²) < 4.78 is 0. The summed E-state index contributed by atoms with van der Waals surface area (Å²) in [6, 6.07) is 0. The maximum atomic E-state index is 5.87. The van der Waals surface area contributed by atoms with Gasteiger partial charge in [-0.3, -0.25) is 0 Å². The highest BCUT2D eigenvalue weighted by Crippen LogP contribution is 2.27. The van der Waals surface area contributed by atoms with Gasteiger partial charge in [-0.1, -0.05) is 13.8 Å². The summed E-state index contributed by atoms with van der Waals surface area (Å²) in [6.07, 6.45) is 2.40. The second-order valence-electron chi connectivity index (χ2n) is 6.03. The Morgan fingerprint density at radius 2 is 1.76 bits per heavy atom. The molecule has 118 valence electrons. The molecule has 0 spiro atoms. The summed E-state index contributed by atoms with van der Waals surface area (Å²) in [5, 5.41) is 0. The van der Waals surface area contributed by atoms with E-state index < -0.39 is 0 Å². The first kappa shape index (κ1) is 15.8. The van der Waals surface area contributed by atoms with Crippen molar-refractivity contribution in [1.82, 2.24) is 15.0 Å². The van der Waals surface area contributed by atoms with E-state index in [0.29, 0.717) is 11.9 Å². The summed E-state index contributed by atoms with van der Waals surface area (Å²) in [4.78, 5) is 17.6. The zero-order valence-electron chi connectivity index (χ0n) is 13.7. The molecule has 6 nitrogen and oxygen atoms in total. The SMILES string of the molecule is CCN(CC)c1nc(N)nc(N2CCC(C(C)C)CC2)n1. The van der Waals surface area contributed by atoms with Crippen molar-refractivity contribution in [2.75, 3.05) is 41.7 Å². The molecular formula is C15H28N6. The predicted molar refractivity (Wildman–Crippen MR) is 87.6 cm³/mol. The van der Waals surface area contributed by atoms with E-state index in [2.05, 4.69) is 52.4 Å². The Kier molecular flexibility index (Phi) is 5.20. The minimum Gasteiger partial charge on any atom is -0.368 e. The Labute approximate surface area is 127 Å². The van der Waals surface area contributed by atoms with Gasteiger partial charge < -0.3 is 15.5 Å². The van der Waals surface area contributed by atoms with Crippen LogP contribution < -0.4 is 15.5 Å². The van der Waals surface area contributed by atoms with Gasteiger partial charge in [-0.25, -0.2) is 0 Å². The standard InChI is InChI=1S/C15H28N6/c1-5-20(6-2)14-17-13(16)18-15(19-14)21-9-7-12(8-10-21)11(3)4/h11-12H,5-10H2,1-4H3,(H2,16,17,18,19). The first-order valence-corrected chi connectivity index (χ1v) is 8.06. The number of anilines is 3. The van der Waals surface area contributed by atoms with E-state index in [0.717, 1.165) is 44.0 Å². The Bertz CT molecular complexity index is 449. The molecule has 0 aliphatic carbocycles. The minimum absolute atomic E-state index is 0.313. The molecule has 1 fully saturated rings. The third kappa shape index (κ3) is 3.74. The van der Waals surface area contributed by atoms with Crippen molar-refractivity contribution in [3.05, 3.63) is 0 Å². The second kappa shape index (κ2) is 6.91. The molecule has 2 rings (SSSR count). The number of piperidine rings is 1. The number of aromatic nitrogens is 3. The monoisotopic (exact) mass is 292 g/mol. The zero-order chi connectivity index (χ0) is 15.4. The van der Waals surface area contributed by atoms with Gasteiger partial charge in [0.1, 0.15) is 0 Å². The lowest BCUT2D eigenvalue weighted by atomic mass is 9.87. The largest absolute Gasteiger partial charge is 0.368 e. The van der Waals surface area contributed by atoms with Crippen LogP contribution >= 0.6 is 0 Å². The Hall–Kier alpha value is -1.59. The molecule has 0 atom stereocenters. The molecule has 0 aromatic carbocycles. The molecule has 1 aromatic heterocycles. The van der Waals surface area contributed by atoms with E-state index in [1.807, 2.05) is 0 Å². The van der Waals surface area contributed by atoms with Gasteiger partial charge in [-0.15, -0.1) is 0 Å². The highest BCUT2D eigenvalue weighted by molar-refractivity contribution is 5.43. The van der Waals surface area contributed by atoms with Gasteiger partial charge in [0.05, 0.1) is 0 Å². The van der Waals surface area contributed by atoms with Crippen LogP contribution in [0.1, 0.15) is 40.5 Å². The Morgan fingerprint density at radius 1 is 1.14 bits per heavy atom. The third-order valence-electron chi connectivity index (χ3n) is 4.44. The van der Waals surface area contributed by atoms with Crippen molar-refractivity contribution in [3.8, 4) is 0 Å². The maximum absolute atomic E-state index is 5.87. The lowest BCUT2D eigenvalue weighted by Gasteiger charge is -2.34. The van der Waals surface area contributed by atoms with Gasteiger partial charge in [0.15, 0.2) is 0 Å². The van der Waals surface area contributed by atoms with Crippen molar-refractivity contribution in [3.63, 3.8) is 0 Å². The summed E-state index contributed by atoms with van der Waals surface area (Å²) in [5.41, 5.74) is 5.87. The molecule has 1 aromatic rings. The molecule has 2 heterocycles. The molecule has 1 aliphatic heterocycles. The van der Waals surface area contributed by atoms with E-state index in [9.17, 15) is 0 Å². The van der Waals surface area contributed by atoms with Gasteiger partial charge in [-0.05, 0) is 38.5 Å². The second-order valence-corrected chi connectivity index (χ2v) is 6.03. The molecular weight excluding hydrogens is 264 g/mol. The van der Waals surface area contributed by atoms with Crippen LogP contribution in [0.25, 0.3) is 0 Å². The molecule has 21 heavy (non-hydrogen) atoms. The first-order chi connectivity index (χ1) is 10.0. The summed E-state index contributed by atoms with van der Waals surface area (Å²) in [6.45, 7) is 12.5. The van der Waals surface area contributed by atoms with Crippen LogP contribution in [0.4, 0.5) is 17.8 Å². The van der Waals surface area contributed by atoms with Crippen LogP contribution in [0.5, 0.6) is 0 Å². The molecule has 0 unspecified atom stereocenters. The van der Waals surface area contributed by atoms with E-state index in [4.69, 9.17) is 5.73 Å². The topological polar surface area (TPSA) is 71.2 Å². The van der Waals surface area contributed by atoms with Gasteiger partial charge in [0.25, 0.3) is 0 Å². The fourth-order valence-corrected chi connectivity index (χ4v) is 2.92. The number of hydrogen-bond acceptors (Lipinski definition) is 6. The number of nitrogens with two attached hydrogens (primary N) is 1. The fourth-order valence-electron chi connectivity index (χ4n) is 2.92. The van der Waals surface area contributed by atoms with Gasteiger partial charge in [-0.2, -0.15) is 15.0 Å². The van der Waals surface area contributed by atoms with Crippen LogP contribution in [0.2, 0.25) is 0 Å². The summed E-state index contributed by atoms with van der Waals surface area (Å²) in [7, 11) is 0. The molecule has 2 N–H and O–H groups in total. The molecule has 1 saturated heterocycles. The molecule has 0 radical (unpaired) electrons. The Morgan fingerprint density at radius 3 is 2.29 bits per heavy atom. The maximum Gasteiger partial charge on any atom is 0.231 e. The molecule has 0 saturated carbocycles. The van der Waals surface area contributed by atoms with Gasteiger partial charge in [0, 0.05) is 26.2 Å². The van der Waals surface area contributed by atoms with E-state index in [1.54, 1.807) is 0 Å². The van der Waals surface area contributed by atoms with E-state index >= 15 is 0 Å². The number of rotatable bonds is 5. The summed E-state index contributed by atoms with van der Waals surface area (Å²) in [5.74, 6) is 3.29.